The number of hydrogen-bond donors (Lipinski definition) is 2. The maximum absolute atomic E-state index is 5.31. The summed E-state index contributed by atoms with van der Waals surface area (Å²) in [5.41, 5.74) is 0. The van der Waals surface area contributed by atoms with Crippen LogP contribution in [0.15, 0.2) is 0 Å². The van der Waals surface area contributed by atoms with E-state index < -0.39 is 0 Å². The molecule has 3 nitrogen and oxygen atoms in total. The van der Waals surface area contributed by atoms with Crippen molar-refractivity contribution in [3.8, 4) is 0 Å². The molecular weight excluding hydrogens is 140 g/mol. The molecule has 0 saturated carbocycles. The molecule has 11 heavy (non-hydrogen) atoms. The summed E-state index contributed by atoms with van der Waals surface area (Å²) in [6.07, 6.45) is 1.20. The molecule has 66 valence electrons. The van der Waals surface area contributed by atoms with Gasteiger partial charge in [0.1, 0.15) is 0 Å². The zero-order valence-corrected chi connectivity index (χ0v) is 7.23. The topological polar surface area (TPSA) is 33.3 Å². The Kier molecular flexibility index (Phi) is 4.50. The number of hydrogen-bond acceptors (Lipinski definition) is 3. The Bertz CT molecular complexity index is 92.1. The molecule has 1 aliphatic rings. The van der Waals surface area contributed by atoms with Crippen LogP contribution in [-0.4, -0.2) is 38.9 Å². The van der Waals surface area contributed by atoms with Gasteiger partial charge in [-0.1, -0.05) is 6.92 Å². The van der Waals surface area contributed by atoms with Gasteiger partial charge in [0.25, 0.3) is 0 Å². The lowest BCUT2D eigenvalue weighted by Crippen LogP contribution is -2.47. The molecule has 1 fully saturated rings. The average molecular weight is 158 g/mol. The third-order valence-electron chi connectivity index (χ3n) is 1.82. The fourth-order valence-corrected chi connectivity index (χ4v) is 1.20. The molecule has 1 saturated heterocycles. The molecule has 1 rings (SSSR count). The number of nitrogens with one attached hydrogen (secondary N) is 2. The second kappa shape index (κ2) is 5.52. The predicted molar refractivity (Wildman–Crippen MR) is 45.8 cm³/mol. The number of ether oxygens (including phenoxy) is 1. The molecule has 0 aromatic heterocycles. The van der Waals surface area contributed by atoms with Gasteiger partial charge in [-0.05, 0) is 13.0 Å². The highest BCUT2D eigenvalue weighted by atomic mass is 16.5. The number of rotatable bonds is 4. The van der Waals surface area contributed by atoms with Crippen molar-refractivity contribution in [3.05, 3.63) is 0 Å². The summed E-state index contributed by atoms with van der Waals surface area (Å²) in [5, 5.41) is 6.75. The van der Waals surface area contributed by atoms with E-state index in [9.17, 15) is 0 Å². The summed E-state index contributed by atoms with van der Waals surface area (Å²) in [4.78, 5) is 0. The van der Waals surface area contributed by atoms with Gasteiger partial charge >= 0.3 is 0 Å². The maximum Gasteiger partial charge on any atom is 0.0632 e. The lowest BCUT2D eigenvalue weighted by atomic mass is 10.3. The van der Waals surface area contributed by atoms with E-state index in [1.54, 1.807) is 0 Å². The highest BCUT2D eigenvalue weighted by Crippen LogP contribution is 1.90. The Morgan fingerprint density at radius 1 is 1.64 bits per heavy atom. The van der Waals surface area contributed by atoms with E-state index in [1.165, 1.54) is 6.42 Å². The molecule has 0 aliphatic carbocycles. The molecule has 0 aromatic rings. The van der Waals surface area contributed by atoms with E-state index in [1.807, 2.05) is 0 Å². The smallest absolute Gasteiger partial charge is 0.0632 e. The fourth-order valence-electron chi connectivity index (χ4n) is 1.20. The van der Waals surface area contributed by atoms with Crippen LogP contribution in [0.5, 0.6) is 0 Å². The second-order valence-corrected chi connectivity index (χ2v) is 2.93. The highest BCUT2D eigenvalue weighted by Gasteiger charge is 2.10. The number of morpholine rings is 1. The van der Waals surface area contributed by atoms with Crippen molar-refractivity contribution < 1.29 is 4.74 Å². The lowest BCUT2D eigenvalue weighted by molar-refractivity contribution is 0.0768. The highest BCUT2D eigenvalue weighted by molar-refractivity contribution is 4.71. The Hall–Kier alpha value is -0.120. The Morgan fingerprint density at radius 3 is 3.18 bits per heavy atom. The Labute approximate surface area is 68.5 Å². The molecule has 0 amide bonds. The van der Waals surface area contributed by atoms with Crippen molar-refractivity contribution in [2.75, 3.05) is 32.8 Å². The van der Waals surface area contributed by atoms with Crippen molar-refractivity contribution in [3.63, 3.8) is 0 Å². The minimum atomic E-state index is 0.523. The monoisotopic (exact) mass is 158 g/mol. The van der Waals surface area contributed by atoms with Crippen molar-refractivity contribution >= 4 is 0 Å². The van der Waals surface area contributed by atoms with Gasteiger partial charge in [-0.2, -0.15) is 0 Å². The first-order valence-corrected chi connectivity index (χ1v) is 4.45. The fraction of sp³-hybridized carbons (Fsp3) is 1.00. The second-order valence-electron chi connectivity index (χ2n) is 2.93. The first-order chi connectivity index (χ1) is 5.43. The summed E-state index contributed by atoms with van der Waals surface area (Å²) in [6, 6.07) is 0.523. The van der Waals surface area contributed by atoms with Crippen LogP contribution in [0.3, 0.4) is 0 Å². The maximum atomic E-state index is 5.31. The van der Waals surface area contributed by atoms with Crippen LogP contribution in [0.2, 0.25) is 0 Å². The molecule has 1 heterocycles. The predicted octanol–water partition coefficient (Wildman–Crippen LogP) is -0.0256. The van der Waals surface area contributed by atoms with E-state index in [0.29, 0.717) is 6.04 Å². The van der Waals surface area contributed by atoms with Gasteiger partial charge in [-0.15, -0.1) is 0 Å². The van der Waals surface area contributed by atoms with E-state index in [0.717, 1.165) is 32.8 Å². The van der Waals surface area contributed by atoms with Crippen LogP contribution in [0.1, 0.15) is 13.3 Å². The normalized spacial score (nSPS) is 25.4. The van der Waals surface area contributed by atoms with E-state index in [4.69, 9.17) is 4.74 Å². The molecule has 0 spiro atoms. The van der Waals surface area contributed by atoms with Crippen LogP contribution in [0, 0.1) is 0 Å². The molecule has 0 bridgehead atoms. The zero-order valence-electron chi connectivity index (χ0n) is 7.23. The summed E-state index contributed by atoms with van der Waals surface area (Å²) in [5.74, 6) is 0. The van der Waals surface area contributed by atoms with Gasteiger partial charge < -0.3 is 15.4 Å². The summed E-state index contributed by atoms with van der Waals surface area (Å²) < 4.78 is 5.31. The van der Waals surface area contributed by atoms with Crippen LogP contribution in [-0.2, 0) is 4.74 Å². The first-order valence-electron chi connectivity index (χ1n) is 4.45. The minimum Gasteiger partial charge on any atom is -0.378 e. The van der Waals surface area contributed by atoms with Crippen molar-refractivity contribution in [2.45, 2.75) is 19.4 Å². The molecular formula is C8H18N2O. The van der Waals surface area contributed by atoms with Gasteiger partial charge in [0.2, 0.25) is 0 Å². The quantitative estimate of drug-likeness (QED) is 0.564. The Balaban J connectivity index is 1.96. The van der Waals surface area contributed by atoms with Crippen molar-refractivity contribution in [1.82, 2.24) is 10.6 Å². The van der Waals surface area contributed by atoms with Gasteiger partial charge in [0.15, 0.2) is 0 Å². The first kappa shape index (κ1) is 8.97. The molecule has 0 aromatic carbocycles. The third kappa shape index (κ3) is 3.70. The lowest BCUT2D eigenvalue weighted by Gasteiger charge is -2.23. The largest absolute Gasteiger partial charge is 0.378 e. The Morgan fingerprint density at radius 2 is 2.55 bits per heavy atom. The van der Waals surface area contributed by atoms with Gasteiger partial charge in [-0.25, -0.2) is 0 Å². The van der Waals surface area contributed by atoms with E-state index in [2.05, 4.69) is 17.6 Å². The SMILES string of the molecule is CCCNCC1COCCN1. The van der Waals surface area contributed by atoms with Gasteiger partial charge in [0, 0.05) is 19.1 Å². The van der Waals surface area contributed by atoms with Gasteiger partial charge in [0.05, 0.1) is 13.2 Å². The van der Waals surface area contributed by atoms with E-state index in [-0.39, 0.29) is 0 Å². The van der Waals surface area contributed by atoms with Crippen molar-refractivity contribution in [2.24, 2.45) is 0 Å². The minimum absolute atomic E-state index is 0.523. The van der Waals surface area contributed by atoms with Gasteiger partial charge in [-0.3, -0.25) is 0 Å². The van der Waals surface area contributed by atoms with Crippen LogP contribution >= 0.6 is 0 Å². The average Bonchev–Trinajstić information content (AvgIpc) is 2.07. The van der Waals surface area contributed by atoms with Crippen LogP contribution in [0.4, 0.5) is 0 Å². The van der Waals surface area contributed by atoms with Crippen LogP contribution in [0.25, 0.3) is 0 Å². The summed E-state index contributed by atoms with van der Waals surface area (Å²) in [7, 11) is 0. The zero-order chi connectivity index (χ0) is 7.94. The summed E-state index contributed by atoms with van der Waals surface area (Å²) in [6.45, 7) is 7.04. The van der Waals surface area contributed by atoms with Crippen LogP contribution < -0.4 is 10.6 Å². The standard InChI is InChI=1S/C8H18N2O/c1-2-3-9-6-8-7-11-5-4-10-8/h8-10H,2-7H2,1H3. The van der Waals surface area contributed by atoms with Crippen molar-refractivity contribution in [1.29, 1.82) is 0 Å². The molecule has 1 aliphatic heterocycles. The molecule has 0 radical (unpaired) electrons. The summed E-state index contributed by atoms with van der Waals surface area (Å²) >= 11 is 0. The molecule has 1 atom stereocenters. The molecule has 3 heteroatoms. The van der Waals surface area contributed by atoms with E-state index >= 15 is 0 Å². The third-order valence-corrected chi connectivity index (χ3v) is 1.82. The molecule has 1 unspecified atom stereocenters. The molecule has 2 N–H and O–H groups in total.